The zero-order chi connectivity index (χ0) is 15.8. The average molecular weight is 315 g/mol. The van der Waals surface area contributed by atoms with Crippen molar-refractivity contribution in [2.45, 2.75) is 30.2 Å². The Morgan fingerprint density at radius 1 is 1.43 bits per heavy atom. The second-order valence-corrected chi connectivity index (χ2v) is 6.80. The van der Waals surface area contributed by atoms with Crippen molar-refractivity contribution < 1.29 is 23.1 Å². The summed E-state index contributed by atoms with van der Waals surface area (Å²) in [7, 11) is -2.32. The number of hydrogen-bond acceptors (Lipinski definition) is 4. The first-order valence-electron chi connectivity index (χ1n) is 6.41. The summed E-state index contributed by atoms with van der Waals surface area (Å²) in [6.45, 7) is 0. The van der Waals surface area contributed by atoms with Gasteiger partial charge in [-0.15, -0.1) is 0 Å². The van der Waals surface area contributed by atoms with Crippen molar-refractivity contribution in [3.63, 3.8) is 0 Å². The van der Waals surface area contributed by atoms with Crippen molar-refractivity contribution in [3.8, 4) is 0 Å². The van der Waals surface area contributed by atoms with Crippen LogP contribution in [0.25, 0.3) is 0 Å². The van der Waals surface area contributed by atoms with Crippen molar-refractivity contribution in [1.29, 1.82) is 0 Å². The second kappa shape index (κ2) is 5.49. The van der Waals surface area contributed by atoms with E-state index in [1.165, 1.54) is 23.9 Å². The number of sulfonamides is 1. The fraction of sp³-hybridized carbons (Fsp3) is 0.500. The highest BCUT2D eigenvalue weighted by Crippen LogP contribution is 2.26. The molecule has 2 rings (SSSR count). The maximum Gasteiger partial charge on any atom is 0.306 e. The topological polar surface area (TPSA) is 131 Å². The van der Waals surface area contributed by atoms with Crippen molar-refractivity contribution in [1.82, 2.24) is 9.88 Å². The average Bonchev–Trinajstić information content (AvgIpc) is 2.94. The van der Waals surface area contributed by atoms with E-state index in [-0.39, 0.29) is 16.6 Å². The molecule has 1 aliphatic carbocycles. The van der Waals surface area contributed by atoms with Crippen LogP contribution in [0.4, 0.5) is 0 Å². The lowest BCUT2D eigenvalue weighted by molar-refractivity contribution is -0.141. The quantitative estimate of drug-likeness (QED) is 0.699. The molecule has 1 fully saturated rings. The number of primary sulfonamides is 1. The molecule has 0 aliphatic heterocycles. The predicted octanol–water partition coefficient (Wildman–Crippen LogP) is -0.344. The van der Waals surface area contributed by atoms with Crippen LogP contribution in [0.3, 0.4) is 0 Å². The molecule has 1 amide bonds. The van der Waals surface area contributed by atoms with Gasteiger partial charge in [0.1, 0.15) is 10.6 Å². The fourth-order valence-electron chi connectivity index (χ4n) is 2.51. The van der Waals surface area contributed by atoms with Crippen LogP contribution in [-0.4, -0.2) is 36.0 Å². The molecule has 0 bridgehead atoms. The lowest BCUT2D eigenvalue weighted by Gasteiger charge is -2.12. The summed E-state index contributed by atoms with van der Waals surface area (Å²) in [5.74, 6) is -1.74. The van der Waals surface area contributed by atoms with E-state index in [0.717, 1.165) is 0 Å². The number of aryl methyl sites for hydroxylation is 1. The molecule has 1 aromatic rings. The van der Waals surface area contributed by atoms with Crippen LogP contribution in [0.1, 0.15) is 29.8 Å². The SMILES string of the molecule is Cn1cc(S(N)(=O)=O)cc1C(=O)NC1CCC(C(=O)O)C1. The number of carboxylic acid groups (broad SMARTS) is 1. The summed E-state index contributed by atoms with van der Waals surface area (Å²) >= 11 is 0. The van der Waals surface area contributed by atoms with Gasteiger partial charge in [-0.25, -0.2) is 13.6 Å². The third kappa shape index (κ3) is 3.42. The number of amides is 1. The van der Waals surface area contributed by atoms with Gasteiger partial charge in [-0.05, 0) is 25.3 Å². The van der Waals surface area contributed by atoms with Crippen molar-refractivity contribution in [2.24, 2.45) is 18.1 Å². The van der Waals surface area contributed by atoms with Crippen molar-refractivity contribution in [2.75, 3.05) is 0 Å². The summed E-state index contributed by atoms with van der Waals surface area (Å²) in [6.07, 6.45) is 2.76. The number of carbonyl (C=O) groups is 2. The van der Waals surface area contributed by atoms with Gasteiger partial charge in [0.15, 0.2) is 0 Å². The highest BCUT2D eigenvalue weighted by Gasteiger charge is 2.31. The molecule has 1 saturated carbocycles. The Balaban J connectivity index is 2.08. The molecular formula is C12H17N3O5S. The lowest BCUT2D eigenvalue weighted by atomic mass is 10.1. The predicted molar refractivity (Wildman–Crippen MR) is 73.0 cm³/mol. The minimum absolute atomic E-state index is 0.134. The van der Waals surface area contributed by atoms with E-state index in [1.807, 2.05) is 0 Å². The zero-order valence-corrected chi connectivity index (χ0v) is 12.3. The van der Waals surface area contributed by atoms with Gasteiger partial charge in [0.2, 0.25) is 10.0 Å². The van der Waals surface area contributed by atoms with E-state index < -0.39 is 27.8 Å². The Labute approximate surface area is 122 Å². The summed E-state index contributed by atoms with van der Waals surface area (Å²) in [5, 5.41) is 16.7. The number of carbonyl (C=O) groups excluding carboxylic acids is 1. The highest BCUT2D eigenvalue weighted by molar-refractivity contribution is 7.89. The zero-order valence-electron chi connectivity index (χ0n) is 11.4. The Morgan fingerprint density at radius 2 is 2.10 bits per heavy atom. The molecule has 1 aliphatic rings. The molecule has 1 aromatic heterocycles. The van der Waals surface area contributed by atoms with Gasteiger partial charge in [0, 0.05) is 19.3 Å². The Hall–Kier alpha value is -1.87. The summed E-state index contributed by atoms with van der Waals surface area (Å²) in [6, 6.07) is 0.986. The van der Waals surface area contributed by atoms with E-state index in [4.69, 9.17) is 10.2 Å². The summed E-state index contributed by atoms with van der Waals surface area (Å²) in [4.78, 5) is 22.9. The normalized spacial score (nSPS) is 22.2. The maximum atomic E-state index is 12.1. The van der Waals surface area contributed by atoms with E-state index in [9.17, 15) is 18.0 Å². The number of aliphatic carboxylic acids is 1. The molecule has 21 heavy (non-hydrogen) atoms. The van der Waals surface area contributed by atoms with E-state index in [1.54, 1.807) is 0 Å². The monoisotopic (exact) mass is 315 g/mol. The first-order valence-corrected chi connectivity index (χ1v) is 7.96. The molecule has 0 spiro atoms. The van der Waals surface area contributed by atoms with Gasteiger partial charge in [0.05, 0.1) is 5.92 Å². The van der Waals surface area contributed by atoms with Crippen LogP contribution >= 0.6 is 0 Å². The van der Waals surface area contributed by atoms with Crippen LogP contribution in [0.15, 0.2) is 17.2 Å². The standard InChI is InChI=1S/C12H17N3O5S/c1-15-6-9(21(13,19)20)5-10(15)11(16)14-8-3-2-7(4-8)12(17)18/h5-8H,2-4H2,1H3,(H,14,16)(H,17,18)(H2,13,19,20). The summed E-state index contributed by atoms with van der Waals surface area (Å²) in [5.41, 5.74) is 0.165. The smallest absolute Gasteiger partial charge is 0.306 e. The number of carboxylic acids is 1. The minimum atomic E-state index is -3.86. The van der Waals surface area contributed by atoms with Crippen LogP contribution in [-0.2, 0) is 21.9 Å². The van der Waals surface area contributed by atoms with Gasteiger partial charge in [0.25, 0.3) is 5.91 Å². The molecule has 2 unspecified atom stereocenters. The molecule has 2 atom stereocenters. The highest BCUT2D eigenvalue weighted by atomic mass is 32.2. The molecule has 1 heterocycles. The maximum absolute atomic E-state index is 12.1. The number of nitrogens with zero attached hydrogens (tertiary/aromatic N) is 1. The van der Waals surface area contributed by atoms with Crippen LogP contribution in [0.2, 0.25) is 0 Å². The van der Waals surface area contributed by atoms with Crippen LogP contribution in [0, 0.1) is 5.92 Å². The first-order chi connectivity index (χ1) is 9.68. The molecule has 0 saturated heterocycles. The Morgan fingerprint density at radius 3 is 2.57 bits per heavy atom. The molecule has 0 aromatic carbocycles. The molecule has 116 valence electrons. The fourth-order valence-corrected chi connectivity index (χ4v) is 3.09. The van der Waals surface area contributed by atoms with Gasteiger partial charge < -0.3 is 15.0 Å². The third-order valence-corrected chi connectivity index (χ3v) is 4.54. The van der Waals surface area contributed by atoms with Gasteiger partial charge in [-0.3, -0.25) is 9.59 Å². The van der Waals surface area contributed by atoms with Gasteiger partial charge in [-0.2, -0.15) is 0 Å². The van der Waals surface area contributed by atoms with E-state index in [0.29, 0.717) is 19.3 Å². The third-order valence-electron chi connectivity index (χ3n) is 3.66. The molecular weight excluding hydrogens is 298 g/mol. The second-order valence-electron chi connectivity index (χ2n) is 5.24. The van der Waals surface area contributed by atoms with E-state index in [2.05, 4.69) is 5.32 Å². The van der Waals surface area contributed by atoms with Crippen LogP contribution < -0.4 is 10.5 Å². The Bertz CT molecular complexity index is 679. The van der Waals surface area contributed by atoms with Crippen molar-refractivity contribution in [3.05, 3.63) is 18.0 Å². The largest absolute Gasteiger partial charge is 0.481 e. The minimum Gasteiger partial charge on any atom is -0.481 e. The van der Waals surface area contributed by atoms with Crippen LogP contribution in [0.5, 0.6) is 0 Å². The Kier molecular flexibility index (Phi) is 4.06. The number of aromatic nitrogens is 1. The number of rotatable bonds is 4. The van der Waals surface area contributed by atoms with E-state index >= 15 is 0 Å². The molecule has 0 radical (unpaired) electrons. The van der Waals surface area contributed by atoms with Crippen molar-refractivity contribution >= 4 is 21.9 Å². The lowest BCUT2D eigenvalue weighted by Crippen LogP contribution is -2.34. The molecule has 8 nitrogen and oxygen atoms in total. The molecule has 4 N–H and O–H groups in total. The molecule has 9 heteroatoms. The number of nitrogens with one attached hydrogen (secondary N) is 1. The van der Waals surface area contributed by atoms with Gasteiger partial charge in [-0.1, -0.05) is 0 Å². The first kappa shape index (κ1) is 15.5. The van der Waals surface area contributed by atoms with Gasteiger partial charge >= 0.3 is 5.97 Å². The number of nitrogens with two attached hydrogens (primary N) is 1. The number of hydrogen-bond donors (Lipinski definition) is 3. The summed E-state index contributed by atoms with van der Waals surface area (Å²) < 4.78 is 23.9.